The van der Waals surface area contributed by atoms with Gasteiger partial charge in [-0.25, -0.2) is 12.7 Å². The van der Waals surface area contributed by atoms with Gasteiger partial charge in [-0.1, -0.05) is 0 Å². The minimum absolute atomic E-state index is 0. The molecule has 9 heteroatoms. The summed E-state index contributed by atoms with van der Waals surface area (Å²) in [6.07, 6.45) is 0.795. The second kappa shape index (κ2) is 8.58. The Morgan fingerprint density at radius 2 is 2.00 bits per heavy atom. The van der Waals surface area contributed by atoms with Crippen LogP contribution in [0.2, 0.25) is 0 Å². The summed E-state index contributed by atoms with van der Waals surface area (Å²) in [5.41, 5.74) is 0. The number of sulfonamides is 1. The van der Waals surface area contributed by atoms with Crippen molar-refractivity contribution in [1.29, 1.82) is 0 Å². The van der Waals surface area contributed by atoms with E-state index in [4.69, 9.17) is 0 Å². The van der Waals surface area contributed by atoms with Crippen molar-refractivity contribution in [2.75, 3.05) is 34.2 Å². The highest BCUT2D eigenvalue weighted by Gasteiger charge is 2.25. The van der Waals surface area contributed by atoms with Crippen molar-refractivity contribution in [3.63, 3.8) is 0 Å². The molecule has 1 aromatic rings. The summed E-state index contributed by atoms with van der Waals surface area (Å²) in [5.74, 6) is -0.341. The van der Waals surface area contributed by atoms with E-state index in [1.807, 2.05) is 7.05 Å². The molecule has 20 heavy (non-hydrogen) atoms. The van der Waals surface area contributed by atoms with Crippen LogP contribution in [0.15, 0.2) is 16.3 Å². The van der Waals surface area contributed by atoms with Crippen LogP contribution in [-0.4, -0.2) is 52.9 Å². The molecule has 0 aromatic carbocycles. The first-order chi connectivity index (χ1) is 8.91. The number of halogens is 1. The molecule has 0 aliphatic heterocycles. The molecule has 0 fully saturated rings. The van der Waals surface area contributed by atoms with E-state index in [0.717, 1.165) is 28.6 Å². The molecular weight excluding hydrogens is 322 g/mol. The van der Waals surface area contributed by atoms with E-state index in [9.17, 15) is 13.2 Å². The molecule has 116 valence electrons. The molecule has 6 nitrogen and oxygen atoms in total. The van der Waals surface area contributed by atoms with Gasteiger partial charge >= 0.3 is 0 Å². The van der Waals surface area contributed by atoms with Crippen LogP contribution in [0.3, 0.4) is 0 Å². The normalized spacial score (nSPS) is 11.2. The Labute approximate surface area is 130 Å². The van der Waals surface area contributed by atoms with Crippen molar-refractivity contribution in [2.24, 2.45) is 0 Å². The molecule has 0 unspecified atom stereocenters. The van der Waals surface area contributed by atoms with Gasteiger partial charge in [0.15, 0.2) is 0 Å². The van der Waals surface area contributed by atoms with E-state index < -0.39 is 10.0 Å². The van der Waals surface area contributed by atoms with Crippen molar-refractivity contribution >= 4 is 39.7 Å². The number of thiophene rings is 1. The van der Waals surface area contributed by atoms with E-state index in [0.29, 0.717) is 6.54 Å². The molecule has 0 atom stereocenters. The minimum atomic E-state index is -3.57. The first kappa shape index (κ1) is 19.3. The van der Waals surface area contributed by atoms with Gasteiger partial charge in [-0.15, -0.1) is 23.7 Å². The number of carbonyl (C=O) groups is 1. The van der Waals surface area contributed by atoms with Crippen LogP contribution in [0.25, 0.3) is 0 Å². The molecular formula is C11H20ClN3O3S2. The van der Waals surface area contributed by atoms with Crippen LogP contribution in [0.1, 0.15) is 16.1 Å². The first-order valence-electron chi connectivity index (χ1n) is 5.84. The summed E-state index contributed by atoms with van der Waals surface area (Å²) >= 11 is 1.13. The van der Waals surface area contributed by atoms with Gasteiger partial charge in [0, 0.05) is 20.6 Å². The molecule has 0 bridgehead atoms. The van der Waals surface area contributed by atoms with E-state index in [-0.39, 0.29) is 28.1 Å². The zero-order chi connectivity index (χ0) is 14.5. The molecule has 0 aliphatic rings. The molecule has 0 radical (unpaired) electrons. The van der Waals surface area contributed by atoms with Crippen molar-refractivity contribution in [3.8, 4) is 0 Å². The monoisotopic (exact) mass is 341 g/mol. The van der Waals surface area contributed by atoms with Gasteiger partial charge in [-0.2, -0.15) is 0 Å². The standard InChI is InChI=1S/C11H19N3O3S2.ClH/c1-12-6-4-7-13-11(15)10-9(5-8-18-10)19(16,17)14(2)3;/h5,8,12H,4,6-7H2,1-3H3,(H,13,15);1H. The third-order valence-corrected chi connectivity index (χ3v) is 5.38. The highest BCUT2D eigenvalue weighted by atomic mass is 35.5. The van der Waals surface area contributed by atoms with Crippen LogP contribution in [0.5, 0.6) is 0 Å². The second-order valence-corrected chi connectivity index (χ2v) is 7.15. The third-order valence-electron chi connectivity index (χ3n) is 2.48. The molecule has 0 spiro atoms. The molecule has 0 saturated heterocycles. The zero-order valence-corrected chi connectivity index (χ0v) is 14.1. The predicted molar refractivity (Wildman–Crippen MR) is 83.3 cm³/mol. The smallest absolute Gasteiger partial charge is 0.262 e. The van der Waals surface area contributed by atoms with Gasteiger partial charge in [0.2, 0.25) is 10.0 Å². The number of hydrogen-bond donors (Lipinski definition) is 2. The largest absolute Gasteiger partial charge is 0.351 e. The Morgan fingerprint density at radius 3 is 2.55 bits per heavy atom. The number of nitrogens with one attached hydrogen (secondary N) is 2. The van der Waals surface area contributed by atoms with Crippen molar-refractivity contribution in [3.05, 3.63) is 16.3 Å². The molecule has 2 N–H and O–H groups in total. The average molecular weight is 342 g/mol. The minimum Gasteiger partial charge on any atom is -0.351 e. The van der Waals surface area contributed by atoms with Crippen molar-refractivity contribution in [1.82, 2.24) is 14.9 Å². The van der Waals surface area contributed by atoms with E-state index in [1.54, 1.807) is 5.38 Å². The lowest BCUT2D eigenvalue weighted by molar-refractivity contribution is 0.0954. The quantitative estimate of drug-likeness (QED) is 0.718. The van der Waals surface area contributed by atoms with Crippen LogP contribution < -0.4 is 10.6 Å². The maximum absolute atomic E-state index is 12.0. The Balaban J connectivity index is 0.00000361. The van der Waals surface area contributed by atoms with Gasteiger partial charge in [-0.3, -0.25) is 4.79 Å². The van der Waals surface area contributed by atoms with Gasteiger partial charge in [-0.05, 0) is 31.5 Å². The van der Waals surface area contributed by atoms with E-state index >= 15 is 0 Å². The Morgan fingerprint density at radius 1 is 1.35 bits per heavy atom. The Hall–Kier alpha value is -0.670. The lowest BCUT2D eigenvalue weighted by atomic mass is 10.4. The van der Waals surface area contributed by atoms with Crippen molar-refractivity contribution in [2.45, 2.75) is 11.3 Å². The fraction of sp³-hybridized carbons (Fsp3) is 0.545. The SMILES string of the molecule is CNCCCNC(=O)c1sccc1S(=O)(=O)N(C)C.Cl. The highest BCUT2D eigenvalue weighted by molar-refractivity contribution is 7.89. The number of nitrogens with zero attached hydrogens (tertiary/aromatic N) is 1. The van der Waals surface area contributed by atoms with Crippen LogP contribution in [0.4, 0.5) is 0 Å². The fourth-order valence-electron chi connectivity index (χ4n) is 1.41. The maximum Gasteiger partial charge on any atom is 0.262 e. The zero-order valence-electron chi connectivity index (χ0n) is 11.7. The number of hydrogen-bond acceptors (Lipinski definition) is 5. The Kier molecular flexibility index (Phi) is 8.29. The van der Waals surface area contributed by atoms with Crippen molar-refractivity contribution < 1.29 is 13.2 Å². The lowest BCUT2D eigenvalue weighted by Gasteiger charge is -2.11. The maximum atomic E-state index is 12.0. The molecule has 1 amide bonds. The predicted octanol–water partition coefficient (Wildman–Crippen LogP) is 0.760. The van der Waals surface area contributed by atoms with Gasteiger partial charge in [0.05, 0.1) is 0 Å². The number of amides is 1. The third kappa shape index (κ3) is 4.71. The van der Waals surface area contributed by atoms with Crippen LogP contribution >= 0.6 is 23.7 Å². The van der Waals surface area contributed by atoms with Gasteiger partial charge < -0.3 is 10.6 Å². The summed E-state index contributed by atoms with van der Waals surface area (Å²) < 4.78 is 25.2. The summed E-state index contributed by atoms with van der Waals surface area (Å²) in [5, 5.41) is 7.31. The topological polar surface area (TPSA) is 78.5 Å². The summed E-state index contributed by atoms with van der Waals surface area (Å²) in [6, 6.07) is 1.46. The second-order valence-electron chi connectivity index (χ2n) is 4.11. The van der Waals surface area contributed by atoms with E-state index in [1.165, 1.54) is 20.2 Å². The molecule has 0 aliphatic carbocycles. The van der Waals surface area contributed by atoms with Gasteiger partial charge in [0.25, 0.3) is 5.91 Å². The number of rotatable bonds is 7. The Bertz CT molecular complexity index is 529. The van der Waals surface area contributed by atoms with Crippen LogP contribution in [-0.2, 0) is 10.0 Å². The molecule has 1 heterocycles. The lowest BCUT2D eigenvalue weighted by Crippen LogP contribution is -2.29. The first-order valence-corrected chi connectivity index (χ1v) is 8.16. The molecule has 0 saturated carbocycles. The average Bonchev–Trinajstić information content (AvgIpc) is 2.84. The van der Waals surface area contributed by atoms with E-state index in [2.05, 4.69) is 10.6 Å². The number of carbonyl (C=O) groups excluding carboxylic acids is 1. The summed E-state index contributed by atoms with van der Waals surface area (Å²) in [6.45, 7) is 1.31. The summed E-state index contributed by atoms with van der Waals surface area (Å²) in [4.78, 5) is 12.3. The fourth-order valence-corrected chi connectivity index (χ4v) is 3.62. The molecule has 1 aromatic heterocycles. The van der Waals surface area contributed by atoms with Crippen LogP contribution in [0, 0.1) is 0 Å². The highest BCUT2D eigenvalue weighted by Crippen LogP contribution is 2.23. The van der Waals surface area contributed by atoms with Gasteiger partial charge in [0.1, 0.15) is 9.77 Å². The molecule has 1 rings (SSSR count). The summed E-state index contributed by atoms with van der Waals surface area (Å²) in [7, 11) is 1.15.